The maximum absolute atomic E-state index is 13.5. The Bertz CT molecular complexity index is 1350. The van der Waals surface area contributed by atoms with Gasteiger partial charge in [0.05, 0.1) is 6.20 Å². The van der Waals surface area contributed by atoms with Gasteiger partial charge < -0.3 is 14.4 Å². The van der Waals surface area contributed by atoms with Gasteiger partial charge in [-0.2, -0.15) is 5.10 Å². The molecule has 0 bridgehead atoms. The molecule has 32 heavy (non-hydrogen) atoms. The highest BCUT2D eigenvalue weighted by Crippen LogP contribution is 2.27. The zero-order valence-electron chi connectivity index (χ0n) is 17.9. The van der Waals surface area contributed by atoms with Gasteiger partial charge in [0.2, 0.25) is 5.91 Å². The lowest BCUT2D eigenvalue weighted by atomic mass is 10.2. The van der Waals surface area contributed by atoms with Crippen molar-refractivity contribution in [1.82, 2.24) is 24.1 Å². The van der Waals surface area contributed by atoms with Gasteiger partial charge in [0.25, 0.3) is 5.56 Å². The summed E-state index contributed by atoms with van der Waals surface area (Å²) in [5.41, 5.74) is 2.30. The van der Waals surface area contributed by atoms with E-state index in [0.717, 1.165) is 34.9 Å². The Morgan fingerprint density at radius 3 is 2.47 bits per heavy atom. The molecule has 0 unspecified atom stereocenters. The predicted octanol–water partition coefficient (Wildman–Crippen LogP) is 2.83. The fourth-order valence-electron chi connectivity index (χ4n) is 4.33. The first-order chi connectivity index (χ1) is 15.5. The van der Waals surface area contributed by atoms with Crippen molar-refractivity contribution in [3.63, 3.8) is 0 Å². The Morgan fingerprint density at radius 2 is 1.72 bits per heavy atom. The van der Waals surface area contributed by atoms with Crippen molar-refractivity contribution in [1.29, 1.82) is 0 Å². The molecule has 2 aromatic carbocycles. The molecule has 0 atom stereocenters. The number of aromatic nitrogens is 3. The van der Waals surface area contributed by atoms with E-state index in [-0.39, 0.29) is 18.0 Å². The van der Waals surface area contributed by atoms with Crippen molar-refractivity contribution in [2.24, 2.45) is 0 Å². The normalized spacial score (nSPS) is 15.0. The molecule has 0 aliphatic carbocycles. The number of rotatable bonds is 4. The second-order valence-electron chi connectivity index (χ2n) is 8.28. The molecule has 164 valence electrons. The minimum Gasteiger partial charge on any atom is -0.339 e. The van der Waals surface area contributed by atoms with Crippen molar-refractivity contribution < 1.29 is 4.79 Å². The molecule has 1 amide bonds. The van der Waals surface area contributed by atoms with E-state index in [1.165, 1.54) is 4.68 Å². The molecule has 4 aromatic rings. The largest absolute Gasteiger partial charge is 0.339 e. The van der Waals surface area contributed by atoms with Crippen LogP contribution in [0.4, 0.5) is 0 Å². The van der Waals surface area contributed by atoms with E-state index in [0.29, 0.717) is 30.2 Å². The first-order valence-corrected chi connectivity index (χ1v) is 11.1. The van der Waals surface area contributed by atoms with E-state index < -0.39 is 0 Å². The highest BCUT2D eigenvalue weighted by Gasteiger charge is 2.22. The van der Waals surface area contributed by atoms with Crippen molar-refractivity contribution in [3.8, 4) is 0 Å². The second kappa shape index (κ2) is 8.41. The summed E-state index contributed by atoms with van der Waals surface area (Å²) in [5, 5.41) is 6.79. The van der Waals surface area contributed by atoms with Crippen LogP contribution in [-0.4, -0.2) is 63.3 Å². The molecule has 1 saturated heterocycles. The monoisotopic (exact) mass is 449 g/mol. The molecule has 5 rings (SSSR count). The zero-order chi connectivity index (χ0) is 22.2. The van der Waals surface area contributed by atoms with Crippen LogP contribution in [0.3, 0.4) is 0 Å². The number of fused-ring (bicyclic) bond motifs is 3. The number of benzene rings is 2. The number of piperazine rings is 1. The van der Waals surface area contributed by atoms with E-state index >= 15 is 0 Å². The lowest BCUT2D eigenvalue weighted by Gasteiger charge is -2.32. The number of halogens is 1. The van der Waals surface area contributed by atoms with Crippen molar-refractivity contribution >= 4 is 39.3 Å². The number of carbonyl (C=O) groups excluding carboxylic acids is 1. The van der Waals surface area contributed by atoms with Crippen molar-refractivity contribution in [2.75, 3.05) is 33.2 Å². The molecule has 0 saturated carbocycles. The Balaban J connectivity index is 1.56. The highest BCUT2D eigenvalue weighted by atomic mass is 35.5. The number of likely N-dealkylation sites (N-methyl/N-ethyl adjacent to an activating group) is 1. The third-order valence-electron chi connectivity index (χ3n) is 6.17. The Morgan fingerprint density at radius 1 is 1.00 bits per heavy atom. The molecular weight excluding hydrogens is 426 g/mol. The van der Waals surface area contributed by atoms with Crippen LogP contribution in [0.5, 0.6) is 0 Å². The van der Waals surface area contributed by atoms with Crippen LogP contribution in [-0.2, 0) is 17.9 Å². The quantitative estimate of drug-likeness (QED) is 0.480. The SMILES string of the molecule is CN1CCN(C(=O)Cn2ncc3c4ccccc4n(Cc4ccc(Cl)cc4)c3c2=O)CC1. The number of carbonyl (C=O) groups is 1. The molecule has 8 heteroatoms. The fraction of sp³-hybridized carbons (Fsp3) is 0.292. The Kier molecular flexibility index (Phi) is 5.45. The molecule has 2 aromatic heterocycles. The minimum absolute atomic E-state index is 0.0546. The maximum atomic E-state index is 13.5. The summed E-state index contributed by atoms with van der Waals surface area (Å²) in [6.45, 7) is 3.48. The van der Waals surface area contributed by atoms with Gasteiger partial charge in [0.1, 0.15) is 12.1 Å². The minimum atomic E-state index is -0.254. The Labute approximate surface area is 190 Å². The van der Waals surface area contributed by atoms with E-state index in [4.69, 9.17) is 11.6 Å². The first-order valence-electron chi connectivity index (χ1n) is 10.7. The van der Waals surface area contributed by atoms with Gasteiger partial charge in [-0.1, -0.05) is 41.9 Å². The lowest BCUT2D eigenvalue weighted by Crippen LogP contribution is -2.48. The van der Waals surface area contributed by atoms with Crippen molar-refractivity contribution in [2.45, 2.75) is 13.1 Å². The molecule has 1 fully saturated rings. The van der Waals surface area contributed by atoms with E-state index in [2.05, 4.69) is 10.00 Å². The first kappa shape index (κ1) is 20.7. The second-order valence-corrected chi connectivity index (χ2v) is 8.72. The highest BCUT2D eigenvalue weighted by molar-refractivity contribution is 6.30. The van der Waals surface area contributed by atoms with Gasteiger partial charge in [-0.05, 0) is 30.8 Å². The van der Waals surface area contributed by atoms with Gasteiger partial charge >= 0.3 is 0 Å². The number of nitrogens with zero attached hydrogens (tertiary/aromatic N) is 5. The average molecular weight is 450 g/mol. The summed E-state index contributed by atoms with van der Waals surface area (Å²) >= 11 is 6.04. The van der Waals surface area contributed by atoms with E-state index in [9.17, 15) is 9.59 Å². The van der Waals surface area contributed by atoms with Crippen molar-refractivity contribution in [3.05, 3.63) is 75.7 Å². The van der Waals surface area contributed by atoms with E-state index in [1.807, 2.05) is 65.0 Å². The van der Waals surface area contributed by atoms with Crippen LogP contribution in [0.1, 0.15) is 5.56 Å². The van der Waals surface area contributed by atoms with Crippen LogP contribution in [0.25, 0.3) is 21.8 Å². The molecule has 0 N–H and O–H groups in total. The number of hydrogen-bond donors (Lipinski definition) is 0. The topological polar surface area (TPSA) is 63.4 Å². The van der Waals surface area contributed by atoms with Crippen LogP contribution in [0.15, 0.2) is 59.5 Å². The number of para-hydroxylation sites is 1. The lowest BCUT2D eigenvalue weighted by molar-refractivity contribution is -0.133. The average Bonchev–Trinajstić information content (AvgIpc) is 3.12. The molecule has 1 aliphatic heterocycles. The van der Waals surface area contributed by atoms with Gasteiger partial charge in [0.15, 0.2) is 0 Å². The zero-order valence-corrected chi connectivity index (χ0v) is 18.6. The predicted molar refractivity (Wildman–Crippen MR) is 126 cm³/mol. The summed E-state index contributed by atoms with van der Waals surface area (Å²) in [7, 11) is 2.04. The molecule has 3 heterocycles. The standard InChI is InChI=1S/C24H24ClN5O2/c1-27-10-12-28(13-11-27)22(31)16-30-24(32)23-20(14-26-30)19-4-2-3-5-21(19)29(23)15-17-6-8-18(25)9-7-17/h2-9,14H,10-13,15-16H2,1H3. The maximum Gasteiger partial charge on any atom is 0.291 e. The Hall–Kier alpha value is -3.16. The molecule has 7 nitrogen and oxygen atoms in total. The third kappa shape index (κ3) is 3.78. The van der Waals surface area contributed by atoms with Gasteiger partial charge in [0, 0.05) is 54.0 Å². The summed E-state index contributed by atoms with van der Waals surface area (Å²) < 4.78 is 3.30. The van der Waals surface area contributed by atoms with Crippen LogP contribution in [0.2, 0.25) is 5.02 Å². The summed E-state index contributed by atoms with van der Waals surface area (Å²) in [6.07, 6.45) is 1.70. The molecular formula is C24H24ClN5O2. The molecule has 1 aliphatic rings. The van der Waals surface area contributed by atoms with Gasteiger partial charge in [-0.3, -0.25) is 9.59 Å². The van der Waals surface area contributed by atoms with E-state index in [1.54, 1.807) is 6.20 Å². The molecule has 0 radical (unpaired) electrons. The summed E-state index contributed by atoms with van der Waals surface area (Å²) in [6, 6.07) is 15.5. The summed E-state index contributed by atoms with van der Waals surface area (Å²) in [5.74, 6) is -0.0765. The smallest absolute Gasteiger partial charge is 0.291 e. The molecule has 0 spiro atoms. The third-order valence-corrected chi connectivity index (χ3v) is 6.42. The summed E-state index contributed by atoms with van der Waals surface area (Å²) in [4.78, 5) is 30.3. The van der Waals surface area contributed by atoms with Crippen LogP contribution < -0.4 is 5.56 Å². The number of hydrogen-bond acceptors (Lipinski definition) is 4. The van der Waals surface area contributed by atoms with Gasteiger partial charge in [-0.15, -0.1) is 0 Å². The van der Waals surface area contributed by atoms with Crippen LogP contribution >= 0.6 is 11.6 Å². The van der Waals surface area contributed by atoms with Crippen LogP contribution in [0, 0.1) is 0 Å². The van der Waals surface area contributed by atoms with Gasteiger partial charge in [-0.25, -0.2) is 4.68 Å². The fourth-order valence-corrected chi connectivity index (χ4v) is 4.45. The number of amides is 1.